The summed E-state index contributed by atoms with van der Waals surface area (Å²) in [7, 11) is 3.81. The van der Waals surface area contributed by atoms with Gasteiger partial charge in [-0.2, -0.15) is 0 Å². The molecule has 114 valence electrons. The van der Waals surface area contributed by atoms with E-state index in [1.165, 1.54) is 25.7 Å². The molecule has 1 fully saturated rings. The number of methoxy groups -OCH3 is 1. The first-order valence-corrected chi connectivity index (χ1v) is 6.96. The van der Waals surface area contributed by atoms with Crippen LogP contribution in [0.1, 0.15) is 25.7 Å². The minimum absolute atomic E-state index is 0. The molecule has 0 aliphatic carbocycles. The van der Waals surface area contributed by atoms with E-state index in [1.807, 2.05) is 0 Å². The maximum Gasteiger partial charge on any atom is 0.191 e. The van der Waals surface area contributed by atoms with Gasteiger partial charge >= 0.3 is 0 Å². The molecule has 0 bridgehead atoms. The molecule has 0 atom stereocenters. The Kier molecular flexibility index (Phi) is 11.7. The quantitative estimate of drug-likeness (QED) is 0.427. The molecule has 1 saturated heterocycles. The molecule has 1 heterocycles. The maximum atomic E-state index is 6.04. The van der Waals surface area contributed by atoms with Crippen LogP contribution in [0.3, 0.4) is 0 Å². The first-order valence-electron chi connectivity index (χ1n) is 6.96. The highest BCUT2D eigenvalue weighted by molar-refractivity contribution is 14.0. The van der Waals surface area contributed by atoms with Crippen LogP contribution in [0.4, 0.5) is 0 Å². The molecule has 0 spiro atoms. The number of hydrogen-bond donors (Lipinski definition) is 1. The molecule has 6 heteroatoms. The van der Waals surface area contributed by atoms with E-state index in [4.69, 9.17) is 10.5 Å². The van der Waals surface area contributed by atoms with Crippen LogP contribution in [-0.4, -0.2) is 69.2 Å². The van der Waals surface area contributed by atoms with Crippen LogP contribution in [0, 0.1) is 0 Å². The van der Waals surface area contributed by atoms with Gasteiger partial charge in [-0.05, 0) is 19.9 Å². The van der Waals surface area contributed by atoms with Gasteiger partial charge in [-0.1, -0.05) is 12.8 Å². The first-order chi connectivity index (χ1) is 8.74. The molecule has 2 N–H and O–H groups in total. The van der Waals surface area contributed by atoms with Gasteiger partial charge in [0.2, 0.25) is 0 Å². The fourth-order valence-electron chi connectivity index (χ4n) is 2.09. The van der Waals surface area contributed by atoms with Gasteiger partial charge < -0.3 is 20.3 Å². The Balaban J connectivity index is 0.00000324. The van der Waals surface area contributed by atoms with Gasteiger partial charge in [-0.25, -0.2) is 0 Å². The lowest BCUT2D eigenvalue weighted by Crippen LogP contribution is -2.38. The van der Waals surface area contributed by atoms with E-state index in [0.29, 0.717) is 0 Å². The number of rotatable bonds is 6. The van der Waals surface area contributed by atoms with Crippen molar-refractivity contribution in [2.45, 2.75) is 25.7 Å². The summed E-state index contributed by atoms with van der Waals surface area (Å²) in [6, 6.07) is 0. The Morgan fingerprint density at radius 2 is 1.84 bits per heavy atom. The Morgan fingerprint density at radius 3 is 2.42 bits per heavy atom. The van der Waals surface area contributed by atoms with E-state index in [1.54, 1.807) is 7.11 Å². The normalized spacial score (nSPS) is 17.2. The third kappa shape index (κ3) is 8.65. The molecule has 0 unspecified atom stereocenters. The summed E-state index contributed by atoms with van der Waals surface area (Å²) >= 11 is 0. The Morgan fingerprint density at radius 1 is 1.21 bits per heavy atom. The molecule has 0 radical (unpaired) electrons. The highest BCUT2D eigenvalue weighted by Gasteiger charge is 2.10. The number of nitrogens with two attached hydrogens (primary N) is 1. The molecule has 1 aliphatic rings. The van der Waals surface area contributed by atoms with Gasteiger partial charge in [0.25, 0.3) is 0 Å². The van der Waals surface area contributed by atoms with Crippen molar-refractivity contribution in [3.05, 3.63) is 0 Å². The summed E-state index contributed by atoms with van der Waals surface area (Å²) in [4.78, 5) is 8.91. The third-order valence-electron chi connectivity index (χ3n) is 3.36. The van der Waals surface area contributed by atoms with Crippen molar-refractivity contribution >= 4 is 29.9 Å². The van der Waals surface area contributed by atoms with Crippen LogP contribution in [0.25, 0.3) is 0 Å². The lowest BCUT2D eigenvalue weighted by molar-refractivity contribution is 0.163. The summed E-state index contributed by atoms with van der Waals surface area (Å²) in [5.41, 5.74) is 6.04. The van der Waals surface area contributed by atoms with Crippen molar-refractivity contribution in [1.82, 2.24) is 9.80 Å². The summed E-state index contributed by atoms with van der Waals surface area (Å²) in [6.45, 7) is 5.53. The van der Waals surface area contributed by atoms with Crippen molar-refractivity contribution in [1.29, 1.82) is 0 Å². The number of likely N-dealkylation sites (tertiary alicyclic amines) is 1. The number of hydrogen-bond acceptors (Lipinski definition) is 3. The Labute approximate surface area is 134 Å². The van der Waals surface area contributed by atoms with Crippen LogP contribution in [0.2, 0.25) is 0 Å². The highest BCUT2D eigenvalue weighted by Crippen LogP contribution is 2.08. The molecule has 5 nitrogen and oxygen atoms in total. The van der Waals surface area contributed by atoms with Crippen molar-refractivity contribution < 1.29 is 4.74 Å². The molecule has 0 aromatic carbocycles. The third-order valence-corrected chi connectivity index (χ3v) is 3.36. The minimum atomic E-state index is 0. The number of nitrogens with zero attached hydrogens (tertiary/aromatic N) is 3. The molecule has 1 aliphatic heterocycles. The number of aliphatic imine (C=N–C) groups is 1. The molecular weight excluding hydrogens is 355 g/mol. The molecule has 19 heavy (non-hydrogen) atoms. The second-order valence-corrected chi connectivity index (χ2v) is 4.94. The maximum absolute atomic E-state index is 6.04. The monoisotopic (exact) mass is 384 g/mol. The van der Waals surface area contributed by atoms with Crippen LogP contribution in [0.15, 0.2) is 4.99 Å². The largest absolute Gasteiger partial charge is 0.383 e. The van der Waals surface area contributed by atoms with E-state index in [-0.39, 0.29) is 24.0 Å². The minimum Gasteiger partial charge on any atom is -0.383 e. The standard InChI is InChI=1S/C13H28N4O.HI/c1-16(11-12-18-2)10-7-15-13(14)17-8-5-3-4-6-9-17;/h3-12H2,1-2H3,(H2,14,15);1H. The van der Waals surface area contributed by atoms with Gasteiger partial charge in [0.15, 0.2) is 5.96 Å². The second kappa shape index (κ2) is 11.7. The van der Waals surface area contributed by atoms with Crippen LogP contribution >= 0.6 is 24.0 Å². The summed E-state index contributed by atoms with van der Waals surface area (Å²) < 4.78 is 5.04. The first kappa shape index (κ1) is 18.9. The molecule has 0 aromatic rings. The van der Waals surface area contributed by atoms with Gasteiger partial charge in [0, 0.05) is 33.3 Å². The smallest absolute Gasteiger partial charge is 0.191 e. The van der Waals surface area contributed by atoms with Crippen molar-refractivity contribution in [3.8, 4) is 0 Å². The molecule has 0 amide bonds. The van der Waals surface area contributed by atoms with Gasteiger partial charge in [-0.3, -0.25) is 4.99 Å². The molecule has 0 aromatic heterocycles. The van der Waals surface area contributed by atoms with Crippen LogP contribution < -0.4 is 5.73 Å². The fourth-order valence-corrected chi connectivity index (χ4v) is 2.09. The number of halogens is 1. The summed E-state index contributed by atoms with van der Waals surface area (Å²) in [5.74, 6) is 0.719. The highest BCUT2D eigenvalue weighted by atomic mass is 127. The zero-order valence-corrected chi connectivity index (χ0v) is 14.6. The predicted octanol–water partition coefficient (Wildman–Crippen LogP) is 1.37. The lowest BCUT2D eigenvalue weighted by atomic mass is 10.2. The molecule has 1 rings (SSSR count). The SMILES string of the molecule is COCCN(C)CCN=C(N)N1CCCCCC1.I. The Hall–Kier alpha value is -0.0800. The summed E-state index contributed by atoms with van der Waals surface area (Å²) in [6.07, 6.45) is 5.13. The number of guanidine groups is 1. The van der Waals surface area contributed by atoms with Gasteiger partial charge in [0.05, 0.1) is 13.2 Å². The Bertz CT molecular complexity index is 243. The van der Waals surface area contributed by atoms with E-state index in [2.05, 4.69) is 21.8 Å². The number of ether oxygens (including phenoxy) is 1. The fraction of sp³-hybridized carbons (Fsp3) is 0.923. The van der Waals surface area contributed by atoms with E-state index in [0.717, 1.165) is 45.3 Å². The van der Waals surface area contributed by atoms with Crippen molar-refractivity contribution in [3.63, 3.8) is 0 Å². The zero-order valence-electron chi connectivity index (χ0n) is 12.3. The topological polar surface area (TPSA) is 54.1 Å². The number of likely N-dealkylation sites (N-methyl/N-ethyl adjacent to an activating group) is 1. The van der Waals surface area contributed by atoms with Gasteiger partial charge in [0.1, 0.15) is 0 Å². The molecular formula is C13H29IN4O. The van der Waals surface area contributed by atoms with Crippen molar-refractivity contribution in [2.24, 2.45) is 10.7 Å². The lowest BCUT2D eigenvalue weighted by Gasteiger charge is -2.21. The van der Waals surface area contributed by atoms with Crippen molar-refractivity contribution in [2.75, 3.05) is 53.5 Å². The summed E-state index contributed by atoms with van der Waals surface area (Å²) in [5, 5.41) is 0. The predicted molar refractivity (Wildman–Crippen MR) is 91.3 cm³/mol. The average Bonchev–Trinajstić information content (AvgIpc) is 2.65. The zero-order chi connectivity index (χ0) is 13.2. The van der Waals surface area contributed by atoms with E-state index >= 15 is 0 Å². The van der Waals surface area contributed by atoms with E-state index in [9.17, 15) is 0 Å². The molecule has 0 saturated carbocycles. The average molecular weight is 384 g/mol. The van der Waals surface area contributed by atoms with Crippen LogP contribution in [0.5, 0.6) is 0 Å². The van der Waals surface area contributed by atoms with Crippen LogP contribution in [-0.2, 0) is 4.74 Å². The van der Waals surface area contributed by atoms with Gasteiger partial charge in [-0.15, -0.1) is 24.0 Å². The second-order valence-electron chi connectivity index (χ2n) is 4.94. The van der Waals surface area contributed by atoms with E-state index < -0.39 is 0 Å².